The third-order valence-electron chi connectivity index (χ3n) is 5.30. The van der Waals surface area contributed by atoms with Crippen LogP contribution in [-0.4, -0.2) is 43.2 Å². The SMILES string of the molecule is CC(=O)N[C@@H]1CN(Cc2ccc3c(c2)OCCO3)C[C@H]1c1ccc(C)cc1. The van der Waals surface area contributed by atoms with E-state index in [9.17, 15) is 4.79 Å². The summed E-state index contributed by atoms with van der Waals surface area (Å²) in [5.74, 6) is 1.97. The third kappa shape index (κ3) is 4.08. The Balaban J connectivity index is 1.50. The number of amides is 1. The summed E-state index contributed by atoms with van der Waals surface area (Å²) in [4.78, 5) is 14.1. The molecule has 142 valence electrons. The molecular weight excluding hydrogens is 340 g/mol. The van der Waals surface area contributed by atoms with Crippen molar-refractivity contribution in [2.24, 2.45) is 0 Å². The molecule has 0 radical (unpaired) electrons. The molecule has 1 fully saturated rings. The minimum absolute atomic E-state index is 0.0262. The van der Waals surface area contributed by atoms with Gasteiger partial charge in [0.05, 0.1) is 0 Å². The van der Waals surface area contributed by atoms with Gasteiger partial charge in [-0.25, -0.2) is 0 Å². The Labute approximate surface area is 160 Å². The summed E-state index contributed by atoms with van der Waals surface area (Å²) in [6, 6.07) is 14.9. The molecule has 0 aliphatic carbocycles. The number of nitrogens with one attached hydrogen (secondary N) is 1. The minimum atomic E-state index is 0.0262. The van der Waals surface area contributed by atoms with Crippen LogP contribution in [0.25, 0.3) is 0 Å². The maximum atomic E-state index is 11.7. The van der Waals surface area contributed by atoms with Crippen LogP contribution in [0.4, 0.5) is 0 Å². The maximum Gasteiger partial charge on any atom is 0.217 e. The van der Waals surface area contributed by atoms with E-state index >= 15 is 0 Å². The first-order valence-corrected chi connectivity index (χ1v) is 9.53. The van der Waals surface area contributed by atoms with Crippen LogP contribution >= 0.6 is 0 Å². The summed E-state index contributed by atoms with van der Waals surface area (Å²) < 4.78 is 11.3. The Morgan fingerprint density at radius 1 is 1.07 bits per heavy atom. The highest BCUT2D eigenvalue weighted by molar-refractivity contribution is 5.73. The smallest absolute Gasteiger partial charge is 0.217 e. The molecule has 0 unspecified atom stereocenters. The van der Waals surface area contributed by atoms with Crippen molar-refractivity contribution >= 4 is 5.91 Å². The molecule has 2 aromatic carbocycles. The molecule has 2 aromatic rings. The number of nitrogens with zero attached hydrogens (tertiary/aromatic N) is 1. The lowest BCUT2D eigenvalue weighted by molar-refractivity contribution is -0.119. The van der Waals surface area contributed by atoms with Gasteiger partial charge in [-0.1, -0.05) is 35.9 Å². The zero-order valence-corrected chi connectivity index (χ0v) is 15.9. The van der Waals surface area contributed by atoms with Crippen molar-refractivity contribution in [1.29, 1.82) is 0 Å². The molecule has 2 aliphatic rings. The predicted octanol–water partition coefficient (Wildman–Crippen LogP) is 2.87. The highest BCUT2D eigenvalue weighted by atomic mass is 16.6. The zero-order chi connectivity index (χ0) is 18.8. The minimum Gasteiger partial charge on any atom is -0.486 e. The number of hydrogen-bond donors (Lipinski definition) is 1. The van der Waals surface area contributed by atoms with Crippen molar-refractivity contribution in [2.45, 2.75) is 32.4 Å². The highest BCUT2D eigenvalue weighted by Gasteiger charge is 2.34. The van der Waals surface area contributed by atoms with Gasteiger partial charge in [-0.05, 0) is 30.2 Å². The molecule has 1 N–H and O–H groups in total. The molecule has 27 heavy (non-hydrogen) atoms. The lowest BCUT2D eigenvalue weighted by Crippen LogP contribution is -2.38. The van der Waals surface area contributed by atoms with Crippen LogP contribution in [0, 0.1) is 6.92 Å². The van der Waals surface area contributed by atoms with Crippen LogP contribution in [-0.2, 0) is 11.3 Å². The number of carbonyl (C=O) groups is 1. The first kappa shape index (κ1) is 17.9. The number of benzene rings is 2. The molecule has 1 saturated heterocycles. The maximum absolute atomic E-state index is 11.7. The van der Waals surface area contributed by atoms with Crippen LogP contribution in [0.1, 0.15) is 29.5 Å². The fourth-order valence-corrected chi connectivity index (χ4v) is 4.02. The quantitative estimate of drug-likeness (QED) is 0.904. The average Bonchev–Trinajstić information content (AvgIpc) is 3.03. The number of hydrogen-bond acceptors (Lipinski definition) is 4. The fraction of sp³-hybridized carbons (Fsp3) is 0.409. The van der Waals surface area contributed by atoms with Crippen LogP contribution in [0.2, 0.25) is 0 Å². The molecule has 0 saturated carbocycles. The lowest BCUT2D eigenvalue weighted by Gasteiger charge is -2.21. The van der Waals surface area contributed by atoms with Crippen LogP contribution in [0.3, 0.4) is 0 Å². The van der Waals surface area contributed by atoms with Gasteiger partial charge < -0.3 is 14.8 Å². The molecule has 2 atom stereocenters. The van der Waals surface area contributed by atoms with E-state index in [2.05, 4.69) is 53.5 Å². The summed E-state index contributed by atoms with van der Waals surface area (Å²) in [7, 11) is 0. The number of carbonyl (C=O) groups excluding carboxylic acids is 1. The molecule has 2 heterocycles. The number of aryl methyl sites for hydroxylation is 1. The van der Waals surface area contributed by atoms with Crippen molar-refractivity contribution in [2.75, 3.05) is 26.3 Å². The Morgan fingerprint density at radius 3 is 2.56 bits per heavy atom. The largest absolute Gasteiger partial charge is 0.486 e. The van der Waals surface area contributed by atoms with Crippen LogP contribution in [0.5, 0.6) is 11.5 Å². The second-order valence-corrected chi connectivity index (χ2v) is 7.50. The second-order valence-electron chi connectivity index (χ2n) is 7.50. The molecule has 5 nitrogen and oxygen atoms in total. The van der Waals surface area contributed by atoms with Crippen molar-refractivity contribution in [3.8, 4) is 11.5 Å². The van der Waals surface area contributed by atoms with E-state index in [1.165, 1.54) is 16.7 Å². The van der Waals surface area contributed by atoms with Gasteiger partial charge in [0.2, 0.25) is 5.91 Å². The molecular formula is C22H26N2O3. The van der Waals surface area contributed by atoms with E-state index in [0.29, 0.717) is 19.1 Å². The lowest BCUT2D eigenvalue weighted by atomic mass is 9.93. The third-order valence-corrected chi connectivity index (χ3v) is 5.30. The first-order chi connectivity index (χ1) is 13.1. The number of fused-ring (bicyclic) bond motifs is 1. The topological polar surface area (TPSA) is 50.8 Å². The van der Waals surface area contributed by atoms with Gasteiger partial charge in [0.25, 0.3) is 0 Å². The van der Waals surface area contributed by atoms with E-state index in [1.807, 2.05) is 6.07 Å². The first-order valence-electron chi connectivity index (χ1n) is 9.53. The van der Waals surface area contributed by atoms with Gasteiger partial charge in [0.1, 0.15) is 13.2 Å². The molecule has 0 aromatic heterocycles. The molecule has 0 spiro atoms. The van der Waals surface area contributed by atoms with Gasteiger partial charge in [-0.3, -0.25) is 9.69 Å². The fourth-order valence-electron chi connectivity index (χ4n) is 4.02. The van der Waals surface area contributed by atoms with E-state index in [-0.39, 0.29) is 11.9 Å². The molecule has 4 rings (SSSR count). The Kier molecular flexibility index (Phi) is 5.03. The molecule has 2 aliphatic heterocycles. The van der Waals surface area contributed by atoms with Crippen molar-refractivity contribution in [1.82, 2.24) is 10.2 Å². The summed E-state index contributed by atoms with van der Waals surface area (Å²) in [6.45, 7) is 7.48. The number of likely N-dealkylation sites (tertiary alicyclic amines) is 1. The van der Waals surface area contributed by atoms with E-state index in [0.717, 1.165) is 31.1 Å². The molecule has 1 amide bonds. The average molecular weight is 366 g/mol. The van der Waals surface area contributed by atoms with Gasteiger partial charge in [0.15, 0.2) is 11.5 Å². The Morgan fingerprint density at radius 2 is 1.81 bits per heavy atom. The van der Waals surface area contributed by atoms with Crippen LogP contribution < -0.4 is 14.8 Å². The number of ether oxygens (including phenoxy) is 2. The second kappa shape index (κ2) is 7.61. The van der Waals surface area contributed by atoms with Gasteiger partial charge in [0, 0.05) is 38.5 Å². The van der Waals surface area contributed by atoms with E-state index < -0.39 is 0 Å². The van der Waals surface area contributed by atoms with Gasteiger partial charge in [-0.15, -0.1) is 0 Å². The van der Waals surface area contributed by atoms with E-state index in [4.69, 9.17) is 9.47 Å². The summed E-state index contributed by atoms with van der Waals surface area (Å²) >= 11 is 0. The summed E-state index contributed by atoms with van der Waals surface area (Å²) in [5, 5.41) is 3.15. The van der Waals surface area contributed by atoms with Crippen molar-refractivity contribution < 1.29 is 14.3 Å². The normalized spacial score (nSPS) is 21.9. The monoisotopic (exact) mass is 366 g/mol. The van der Waals surface area contributed by atoms with E-state index in [1.54, 1.807) is 6.92 Å². The van der Waals surface area contributed by atoms with Gasteiger partial charge >= 0.3 is 0 Å². The van der Waals surface area contributed by atoms with Gasteiger partial charge in [-0.2, -0.15) is 0 Å². The Bertz CT molecular complexity index is 819. The summed E-state index contributed by atoms with van der Waals surface area (Å²) in [5.41, 5.74) is 3.73. The number of rotatable bonds is 4. The molecule has 0 bridgehead atoms. The summed E-state index contributed by atoms with van der Waals surface area (Å²) in [6.07, 6.45) is 0. The van der Waals surface area contributed by atoms with Crippen molar-refractivity contribution in [3.05, 3.63) is 59.2 Å². The highest BCUT2D eigenvalue weighted by Crippen LogP contribution is 2.33. The standard InChI is InChI=1S/C22H26N2O3/c1-15-3-6-18(7-4-15)19-13-24(14-20(19)23-16(2)25)12-17-5-8-21-22(11-17)27-10-9-26-21/h3-8,11,19-20H,9-10,12-14H2,1-2H3,(H,23,25)/t19-,20+/m0/s1. The molecule has 5 heteroatoms. The Hall–Kier alpha value is -2.53. The van der Waals surface area contributed by atoms with Crippen molar-refractivity contribution in [3.63, 3.8) is 0 Å². The predicted molar refractivity (Wildman–Crippen MR) is 104 cm³/mol. The van der Waals surface area contributed by atoms with Crippen LogP contribution in [0.15, 0.2) is 42.5 Å². The zero-order valence-electron chi connectivity index (χ0n) is 15.9.